The number of amides is 1. The van der Waals surface area contributed by atoms with Gasteiger partial charge in [-0.2, -0.15) is 0 Å². The second-order valence-corrected chi connectivity index (χ2v) is 7.82. The van der Waals surface area contributed by atoms with Gasteiger partial charge in [0.15, 0.2) is 17.6 Å². The average molecular weight is 417 g/mol. The monoisotopic (exact) mass is 417 g/mol. The van der Waals surface area contributed by atoms with Gasteiger partial charge in [-0.05, 0) is 37.3 Å². The molecule has 0 aromatic heterocycles. The summed E-state index contributed by atoms with van der Waals surface area (Å²) < 4.78 is 13.1. The van der Waals surface area contributed by atoms with Crippen LogP contribution in [0.25, 0.3) is 0 Å². The Kier molecular flexibility index (Phi) is 5.48. The lowest BCUT2D eigenvalue weighted by atomic mass is 9.84. The topological polar surface area (TPSA) is 67.7 Å². The van der Waals surface area contributed by atoms with E-state index < -0.39 is 0 Å². The molecule has 0 heterocycles. The van der Waals surface area contributed by atoms with E-state index in [9.17, 15) is 18.8 Å². The van der Waals surface area contributed by atoms with Crippen molar-refractivity contribution < 1.29 is 23.7 Å². The first-order chi connectivity index (χ1) is 14.8. The summed E-state index contributed by atoms with van der Waals surface area (Å²) in [5.74, 6) is -0.932. The molecule has 3 aromatic carbocycles. The van der Waals surface area contributed by atoms with E-state index in [1.807, 2.05) is 7.05 Å². The predicted octanol–water partition coefficient (Wildman–Crippen LogP) is 2.64. The third-order valence-corrected chi connectivity index (χ3v) is 5.72. The summed E-state index contributed by atoms with van der Waals surface area (Å²) in [6.45, 7) is 2.36. The maximum atomic E-state index is 13.1. The van der Waals surface area contributed by atoms with Gasteiger partial charge in [0, 0.05) is 33.5 Å². The zero-order valence-electron chi connectivity index (χ0n) is 17.2. The number of hydrogen-bond acceptors (Lipinski definition) is 3. The van der Waals surface area contributed by atoms with E-state index >= 15 is 0 Å². The number of ketones is 2. The van der Waals surface area contributed by atoms with Gasteiger partial charge in [0.1, 0.15) is 12.4 Å². The van der Waals surface area contributed by atoms with Gasteiger partial charge in [-0.3, -0.25) is 14.4 Å². The fraction of sp³-hybridized carbons (Fsp3) is 0.160. The molecule has 1 aliphatic carbocycles. The van der Waals surface area contributed by atoms with Gasteiger partial charge in [0.25, 0.3) is 5.91 Å². The first kappa shape index (κ1) is 20.6. The molecule has 0 radical (unpaired) electrons. The van der Waals surface area contributed by atoms with E-state index in [4.69, 9.17) is 0 Å². The number of fused-ring (bicyclic) bond motifs is 2. The van der Waals surface area contributed by atoms with Crippen molar-refractivity contribution in [3.8, 4) is 0 Å². The van der Waals surface area contributed by atoms with Crippen LogP contribution in [0.3, 0.4) is 0 Å². The van der Waals surface area contributed by atoms with Crippen LogP contribution < -0.4 is 10.2 Å². The molecule has 0 saturated carbocycles. The minimum absolute atomic E-state index is 0.195. The lowest BCUT2D eigenvalue weighted by Crippen LogP contribution is -3.12. The summed E-state index contributed by atoms with van der Waals surface area (Å²) in [4.78, 5) is 39.3. The molecule has 156 valence electrons. The molecule has 0 bridgehead atoms. The molecule has 3 aromatic rings. The number of likely N-dealkylation sites (N-methyl/N-ethyl adjacent to an activating group) is 1. The number of hydrogen-bond donors (Lipinski definition) is 2. The zero-order valence-corrected chi connectivity index (χ0v) is 17.2. The van der Waals surface area contributed by atoms with Gasteiger partial charge in [-0.15, -0.1) is 0 Å². The molecule has 0 aliphatic heterocycles. The molecule has 0 spiro atoms. The number of anilines is 1. The first-order valence-electron chi connectivity index (χ1n) is 10.0. The van der Waals surface area contributed by atoms with E-state index in [0.717, 1.165) is 10.5 Å². The predicted molar refractivity (Wildman–Crippen MR) is 115 cm³/mol. The molecule has 0 saturated heterocycles. The van der Waals surface area contributed by atoms with E-state index in [1.165, 1.54) is 12.1 Å². The molecular weight excluding hydrogens is 395 g/mol. The Morgan fingerprint density at radius 3 is 2.13 bits per heavy atom. The second-order valence-electron chi connectivity index (χ2n) is 7.82. The smallest absolute Gasteiger partial charge is 0.282 e. The van der Waals surface area contributed by atoms with Crippen LogP contribution in [-0.2, 0) is 11.3 Å². The minimum Gasteiger partial charge on any atom is -0.324 e. The zero-order chi connectivity index (χ0) is 22.1. The Labute approximate surface area is 179 Å². The van der Waals surface area contributed by atoms with Crippen LogP contribution in [0.5, 0.6) is 0 Å². The highest BCUT2D eigenvalue weighted by Gasteiger charge is 2.30. The molecule has 31 heavy (non-hydrogen) atoms. The van der Waals surface area contributed by atoms with Crippen LogP contribution in [0.4, 0.5) is 10.1 Å². The molecule has 1 unspecified atom stereocenters. The average Bonchev–Trinajstić information content (AvgIpc) is 2.78. The maximum absolute atomic E-state index is 13.1. The molecule has 2 atom stereocenters. The summed E-state index contributed by atoms with van der Waals surface area (Å²) >= 11 is 0. The van der Waals surface area contributed by atoms with Gasteiger partial charge < -0.3 is 10.2 Å². The van der Waals surface area contributed by atoms with Crippen molar-refractivity contribution in [3.63, 3.8) is 0 Å². The van der Waals surface area contributed by atoms with Gasteiger partial charge in [0.05, 0.1) is 7.05 Å². The van der Waals surface area contributed by atoms with Crippen molar-refractivity contribution in [2.45, 2.75) is 19.5 Å². The Hall–Kier alpha value is -3.64. The van der Waals surface area contributed by atoms with Crippen LogP contribution in [0.15, 0.2) is 66.7 Å². The van der Waals surface area contributed by atoms with E-state index in [0.29, 0.717) is 34.5 Å². The molecule has 6 heteroatoms. The van der Waals surface area contributed by atoms with Crippen LogP contribution in [0.1, 0.15) is 44.3 Å². The number of carbonyl (C=O) groups excluding carboxylic acids is 3. The summed E-state index contributed by atoms with van der Waals surface area (Å²) in [5, 5.41) is 2.84. The number of rotatable bonds is 5. The van der Waals surface area contributed by atoms with Crippen molar-refractivity contribution in [1.82, 2.24) is 0 Å². The lowest BCUT2D eigenvalue weighted by molar-refractivity contribution is -0.907. The van der Waals surface area contributed by atoms with Gasteiger partial charge >= 0.3 is 0 Å². The number of nitrogens with one attached hydrogen (secondary N) is 2. The van der Waals surface area contributed by atoms with Gasteiger partial charge in [-0.25, -0.2) is 4.39 Å². The fourth-order valence-electron chi connectivity index (χ4n) is 3.73. The summed E-state index contributed by atoms with van der Waals surface area (Å²) in [6.07, 6.45) is 0. The van der Waals surface area contributed by atoms with E-state index in [1.54, 1.807) is 61.5 Å². The molecule has 5 nitrogen and oxygen atoms in total. The molecule has 1 amide bonds. The van der Waals surface area contributed by atoms with Crippen LogP contribution in [0, 0.1) is 5.82 Å². The van der Waals surface area contributed by atoms with Crippen LogP contribution in [-0.4, -0.2) is 30.6 Å². The van der Waals surface area contributed by atoms with Crippen LogP contribution >= 0.6 is 0 Å². The maximum Gasteiger partial charge on any atom is 0.282 e. The van der Waals surface area contributed by atoms with Crippen LogP contribution in [0.2, 0.25) is 0 Å². The van der Waals surface area contributed by atoms with Crippen molar-refractivity contribution in [2.24, 2.45) is 0 Å². The van der Waals surface area contributed by atoms with Gasteiger partial charge in [0.2, 0.25) is 0 Å². The lowest BCUT2D eigenvalue weighted by Gasteiger charge is -2.22. The molecular formula is C25H22FN2O3+. The second kappa shape index (κ2) is 8.24. The van der Waals surface area contributed by atoms with Crippen molar-refractivity contribution in [1.29, 1.82) is 0 Å². The number of halogens is 1. The summed E-state index contributed by atoms with van der Waals surface area (Å²) in [7, 11) is 1.89. The highest BCUT2D eigenvalue weighted by atomic mass is 19.1. The minimum atomic E-state index is -0.390. The van der Waals surface area contributed by atoms with Crippen molar-refractivity contribution in [3.05, 3.63) is 100 Å². The molecule has 4 rings (SSSR count). The standard InChI is InChI=1S/C25H21FN2O3/c1-15(28(2)14-16-7-9-17(26)10-8-16)25(31)27-18-11-12-21-22(13-18)24(30)20-6-4-3-5-19(20)23(21)29/h3-13,15H,14H2,1-2H3,(H,27,31)/p+1/t15-/m1/s1. The Bertz CT molecular complexity index is 1190. The fourth-order valence-corrected chi connectivity index (χ4v) is 3.73. The summed E-state index contributed by atoms with van der Waals surface area (Å²) in [5.41, 5.74) is 2.80. The van der Waals surface area contributed by atoms with Gasteiger partial charge in [-0.1, -0.05) is 36.4 Å². The van der Waals surface area contributed by atoms with Crippen molar-refractivity contribution >= 4 is 23.2 Å². The van der Waals surface area contributed by atoms with Crippen molar-refractivity contribution in [2.75, 3.05) is 12.4 Å². The number of carbonyl (C=O) groups is 3. The SMILES string of the molecule is C[C@H](C(=O)Nc1ccc2c(c1)C(=O)c1ccccc1C2=O)[NH+](C)Cc1ccc(F)cc1. The number of benzene rings is 3. The molecule has 0 fully saturated rings. The third-order valence-electron chi connectivity index (χ3n) is 5.72. The quantitative estimate of drug-likeness (QED) is 0.525. The third kappa shape index (κ3) is 4.02. The summed E-state index contributed by atoms with van der Waals surface area (Å²) in [6, 6.07) is 17.3. The normalized spacial score (nSPS) is 14.4. The largest absolute Gasteiger partial charge is 0.324 e. The first-order valence-corrected chi connectivity index (χ1v) is 10.0. The van der Waals surface area contributed by atoms with E-state index in [-0.39, 0.29) is 29.3 Å². The highest BCUT2D eigenvalue weighted by Crippen LogP contribution is 2.29. The molecule has 1 aliphatic rings. The Balaban J connectivity index is 1.49. The molecule has 2 N–H and O–H groups in total. The Morgan fingerprint density at radius 1 is 0.903 bits per heavy atom. The van der Waals surface area contributed by atoms with E-state index in [2.05, 4.69) is 5.32 Å². The highest BCUT2D eigenvalue weighted by molar-refractivity contribution is 6.28. The Morgan fingerprint density at radius 2 is 1.48 bits per heavy atom. The number of quaternary nitrogens is 1.